The van der Waals surface area contributed by atoms with Gasteiger partial charge in [0.25, 0.3) is 0 Å². The Balaban J connectivity index is 2.77. The SMILES string of the molecule is OCC(O)C(O)c1ccsc1Cl. The lowest BCUT2D eigenvalue weighted by molar-refractivity contribution is -0.0150. The molecule has 0 amide bonds. The number of hydrogen-bond donors (Lipinski definition) is 3. The maximum Gasteiger partial charge on any atom is 0.109 e. The molecule has 0 aliphatic heterocycles. The van der Waals surface area contributed by atoms with Gasteiger partial charge in [-0.25, -0.2) is 0 Å². The minimum Gasteiger partial charge on any atom is -0.394 e. The first kappa shape index (κ1) is 9.95. The molecule has 3 N–H and O–H groups in total. The number of halogens is 1. The first-order chi connectivity index (χ1) is 5.66. The van der Waals surface area contributed by atoms with Crippen molar-refractivity contribution < 1.29 is 15.3 Å². The van der Waals surface area contributed by atoms with Gasteiger partial charge in [-0.2, -0.15) is 0 Å². The molecule has 1 rings (SSSR count). The molecule has 0 saturated heterocycles. The van der Waals surface area contributed by atoms with E-state index in [1.807, 2.05) is 0 Å². The molecular weight excluding hydrogens is 200 g/mol. The van der Waals surface area contributed by atoms with Gasteiger partial charge in [-0.05, 0) is 11.4 Å². The van der Waals surface area contributed by atoms with Gasteiger partial charge in [-0.1, -0.05) is 11.6 Å². The summed E-state index contributed by atoms with van der Waals surface area (Å²) in [5.41, 5.74) is 0.461. The van der Waals surface area contributed by atoms with Gasteiger partial charge in [0, 0.05) is 5.56 Å². The fourth-order valence-corrected chi connectivity index (χ4v) is 1.81. The Kier molecular flexibility index (Phi) is 3.49. The molecule has 0 aliphatic carbocycles. The predicted octanol–water partition coefficient (Wildman–Crippen LogP) is 0.788. The number of hydrogen-bond acceptors (Lipinski definition) is 4. The summed E-state index contributed by atoms with van der Waals surface area (Å²) in [4.78, 5) is 0. The van der Waals surface area contributed by atoms with E-state index in [4.69, 9.17) is 21.8 Å². The summed E-state index contributed by atoms with van der Waals surface area (Å²) in [5.74, 6) is 0. The first-order valence-electron chi connectivity index (χ1n) is 3.36. The van der Waals surface area contributed by atoms with E-state index in [9.17, 15) is 5.11 Å². The fraction of sp³-hybridized carbons (Fsp3) is 0.429. The van der Waals surface area contributed by atoms with Crippen molar-refractivity contribution in [3.05, 3.63) is 21.3 Å². The molecule has 1 aromatic heterocycles. The van der Waals surface area contributed by atoms with Gasteiger partial charge in [0.15, 0.2) is 0 Å². The van der Waals surface area contributed by atoms with E-state index in [1.54, 1.807) is 11.4 Å². The Morgan fingerprint density at radius 1 is 1.50 bits per heavy atom. The molecule has 0 aliphatic rings. The van der Waals surface area contributed by atoms with Crippen molar-refractivity contribution in [2.75, 3.05) is 6.61 Å². The molecule has 3 nitrogen and oxygen atoms in total. The zero-order chi connectivity index (χ0) is 9.14. The van der Waals surface area contributed by atoms with E-state index in [-0.39, 0.29) is 0 Å². The molecule has 0 aromatic carbocycles. The Labute approximate surface area is 78.9 Å². The van der Waals surface area contributed by atoms with Crippen LogP contribution < -0.4 is 0 Å². The average molecular weight is 209 g/mol. The van der Waals surface area contributed by atoms with Gasteiger partial charge in [-0.3, -0.25) is 0 Å². The standard InChI is InChI=1S/C7H9ClO3S/c8-7-4(1-2-12-7)6(11)5(10)3-9/h1-2,5-6,9-11H,3H2. The highest BCUT2D eigenvalue weighted by Gasteiger charge is 2.20. The third-order valence-corrected chi connectivity index (χ3v) is 2.72. The minimum atomic E-state index is -1.17. The fourth-order valence-electron chi connectivity index (χ4n) is 0.823. The van der Waals surface area contributed by atoms with Crippen molar-refractivity contribution in [1.82, 2.24) is 0 Å². The van der Waals surface area contributed by atoms with Crippen molar-refractivity contribution in [1.29, 1.82) is 0 Å². The van der Waals surface area contributed by atoms with Gasteiger partial charge < -0.3 is 15.3 Å². The quantitative estimate of drug-likeness (QED) is 0.688. The average Bonchev–Trinajstić information content (AvgIpc) is 2.48. The molecule has 2 atom stereocenters. The van der Waals surface area contributed by atoms with Gasteiger partial charge >= 0.3 is 0 Å². The van der Waals surface area contributed by atoms with E-state index in [2.05, 4.69) is 0 Å². The van der Waals surface area contributed by atoms with Crippen LogP contribution in [-0.2, 0) is 0 Å². The van der Waals surface area contributed by atoms with Gasteiger partial charge in [0.1, 0.15) is 12.2 Å². The molecule has 2 unspecified atom stereocenters. The van der Waals surface area contributed by atoms with Crippen LogP contribution in [0.5, 0.6) is 0 Å². The third-order valence-electron chi connectivity index (χ3n) is 1.52. The Morgan fingerprint density at radius 2 is 2.17 bits per heavy atom. The normalized spacial score (nSPS) is 16.0. The summed E-state index contributed by atoms with van der Waals surface area (Å²) in [6, 6.07) is 1.62. The van der Waals surface area contributed by atoms with Crippen molar-refractivity contribution in [2.24, 2.45) is 0 Å². The summed E-state index contributed by atoms with van der Waals surface area (Å²) in [7, 11) is 0. The second-order valence-electron chi connectivity index (χ2n) is 2.34. The maximum atomic E-state index is 9.37. The molecule has 0 radical (unpaired) electrons. The van der Waals surface area contributed by atoms with E-state index < -0.39 is 18.8 Å². The lowest BCUT2D eigenvalue weighted by Crippen LogP contribution is -2.21. The summed E-state index contributed by atoms with van der Waals surface area (Å²) in [6.45, 7) is -0.479. The lowest BCUT2D eigenvalue weighted by atomic mass is 10.1. The van der Waals surface area contributed by atoms with Crippen molar-refractivity contribution >= 4 is 22.9 Å². The topological polar surface area (TPSA) is 60.7 Å². The van der Waals surface area contributed by atoms with Crippen LogP contribution in [0.1, 0.15) is 11.7 Å². The Morgan fingerprint density at radius 3 is 2.58 bits per heavy atom. The summed E-state index contributed by atoms with van der Waals surface area (Å²) in [5, 5.41) is 28.7. The van der Waals surface area contributed by atoms with E-state index in [1.165, 1.54) is 11.3 Å². The van der Waals surface area contributed by atoms with Crippen LogP contribution >= 0.6 is 22.9 Å². The molecule has 12 heavy (non-hydrogen) atoms. The molecule has 1 heterocycles. The van der Waals surface area contributed by atoms with E-state index in [0.29, 0.717) is 9.90 Å². The minimum absolute atomic E-state index is 0.440. The van der Waals surface area contributed by atoms with Crippen molar-refractivity contribution in [3.63, 3.8) is 0 Å². The van der Waals surface area contributed by atoms with Crippen LogP contribution in [0.3, 0.4) is 0 Å². The Hall–Kier alpha value is -0.130. The van der Waals surface area contributed by atoms with Gasteiger partial charge in [-0.15, -0.1) is 11.3 Å². The van der Waals surface area contributed by atoms with Crippen LogP contribution in [0.15, 0.2) is 11.4 Å². The predicted molar refractivity (Wildman–Crippen MR) is 47.4 cm³/mol. The van der Waals surface area contributed by atoms with E-state index in [0.717, 1.165) is 0 Å². The molecule has 0 bridgehead atoms. The maximum absolute atomic E-state index is 9.37. The Bertz CT molecular complexity index is 251. The summed E-state index contributed by atoms with van der Waals surface area (Å²) >= 11 is 6.97. The number of aliphatic hydroxyl groups excluding tert-OH is 3. The highest BCUT2D eigenvalue weighted by atomic mass is 35.5. The zero-order valence-corrected chi connectivity index (χ0v) is 7.72. The number of aliphatic hydroxyl groups is 3. The van der Waals surface area contributed by atoms with Gasteiger partial charge in [0.2, 0.25) is 0 Å². The van der Waals surface area contributed by atoms with Crippen LogP contribution in [0.4, 0.5) is 0 Å². The van der Waals surface area contributed by atoms with Crippen LogP contribution in [0.25, 0.3) is 0 Å². The van der Waals surface area contributed by atoms with Gasteiger partial charge in [0.05, 0.1) is 10.9 Å². The monoisotopic (exact) mass is 208 g/mol. The van der Waals surface area contributed by atoms with Crippen molar-refractivity contribution in [3.8, 4) is 0 Å². The highest BCUT2D eigenvalue weighted by molar-refractivity contribution is 7.14. The smallest absolute Gasteiger partial charge is 0.109 e. The molecule has 0 fully saturated rings. The van der Waals surface area contributed by atoms with Crippen LogP contribution in [0, 0.1) is 0 Å². The molecular formula is C7H9ClO3S. The number of thiophene rings is 1. The second kappa shape index (κ2) is 4.20. The molecule has 5 heteroatoms. The van der Waals surface area contributed by atoms with E-state index >= 15 is 0 Å². The zero-order valence-electron chi connectivity index (χ0n) is 6.14. The van der Waals surface area contributed by atoms with Crippen LogP contribution in [0.2, 0.25) is 4.34 Å². The molecule has 1 aromatic rings. The lowest BCUT2D eigenvalue weighted by Gasteiger charge is -2.14. The highest BCUT2D eigenvalue weighted by Crippen LogP contribution is 2.29. The first-order valence-corrected chi connectivity index (χ1v) is 4.62. The summed E-state index contributed by atoms with van der Waals surface area (Å²) < 4.78 is 0.440. The largest absolute Gasteiger partial charge is 0.394 e. The third kappa shape index (κ3) is 1.97. The second-order valence-corrected chi connectivity index (χ2v) is 3.86. The molecule has 0 spiro atoms. The molecule has 68 valence electrons. The van der Waals surface area contributed by atoms with Crippen molar-refractivity contribution in [2.45, 2.75) is 12.2 Å². The summed E-state index contributed by atoms with van der Waals surface area (Å²) in [6.07, 6.45) is -2.27. The number of rotatable bonds is 3. The molecule has 0 saturated carbocycles. The van der Waals surface area contributed by atoms with Crippen LogP contribution in [-0.4, -0.2) is 28.0 Å².